The normalized spacial score (nSPS) is 18.3. The SMILES string of the molecule is CCCCCCCCOC(=O)OC1CC(=O)NC1=O. The van der Waals surface area contributed by atoms with Gasteiger partial charge in [-0.2, -0.15) is 0 Å². The predicted octanol–water partition coefficient (Wildman–Crippen LogP) is 1.92. The maximum atomic E-state index is 11.3. The lowest BCUT2D eigenvalue weighted by Gasteiger charge is -2.09. The summed E-state index contributed by atoms with van der Waals surface area (Å²) in [5.41, 5.74) is 0. The van der Waals surface area contributed by atoms with Crippen LogP contribution in [0.3, 0.4) is 0 Å². The highest BCUT2D eigenvalue weighted by molar-refractivity contribution is 6.05. The Morgan fingerprint density at radius 1 is 1.21 bits per heavy atom. The molecule has 0 aromatic rings. The lowest BCUT2D eigenvalue weighted by Crippen LogP contribution is -2.28. The van der Waals surface area contributed by atoms with Crippen molar-refractivity contribution in [3.05, 3.63) is 0 Å². The third-order valence-electron chi connectivity index (χ3n) is 2.88. The molecule has 1 fully saturated rings. The van der Waals surface area contributed by atoms with Gasteiger partial charge in [0, 0.05) is 0 Å². The number of carbonyl (C=O) groups excluding carboxylic acids is 3. The van der Waals surface area contributed by atoms with Crippen LogP contribution in [0.5, 0.6) is 0 Å². The van der Waals surface area contributed by atoms with Crippen molar-refractivity contribution in [3.63, 3.8) is 0 Å². The second kappa shape index (κ2) is 8.50. The summed E-state index contributed by atoms with van der Waals surface area (Å²) in [6.07, 6.45) is 4.51. The van der Waals surface area contributed by atoms with E-state index in [1.54, 1.807) is 0 Å². The molecule has 0 aromatic heterocycles. The molecule has 0 aromatic carbocycles. The highest BCUT2D eigenvalue weighted by atomic mass is 16.7. The van der Waals surface area contributed by atoms with Crippen LogP contribution in [0.1, 0.15) is 51.9 Å². The second-order valence-electron chi connectivity index (χ2n) is 4.59. The molecule has 0 radical (unpaired) electrons. The van der Waals surface area contributed by atoms with Gasteiger partial charge in [0.1, 0.15) is 0 Å². The average molecular weight is 271 g/mol. The van der Waals surface area contributed by atoms with Gasteiger partial charge in [0.05, 0.1) is 13.0 Å². The Labute approximate surface area is 112 Å². The van der Waals surface area contributed by atoms with E-state index < -0.39 is 24.1 Å². The first-order valence-corrected chi connectivity index (χ1v) is 6.80. The topological polar surface area (TPSA) is 81.7 Å². The third kappa shape index (κ3) is 6.22. The summed E-state index contributed by atoms with van der Waals surface area (Å²) in [7, 11) is 0. The van der Waals surface area contributed by atoms with Crippen LogP contribution in [-0.2, 0) is 19.1 Å². The highest BCUT2D eigenvalue weighted by Gasteiger charge is 2.34. The van der Waals surface area contributed by atoms with Crippen molar-refractivity contribution in [2.75, 3.05) is 6.61 Å². The molecule has 1 aliphatic rings. The van der Waals surface area contributed by atoms with Crippen LogP contribution in [0.4, 0.5) is 4.79 Å². The van der Waals surface area contributed by atoms with E-state index in [1.165, 1.54) is 19.3 Å². The second-order valence-corrected chi connectivity index (χ2v) is 4.59. The summed E-state index contributed by atoms with van der Waals surface area (Å²) in [6.45, 7) is 2.44. The Bertz CT molecular complexity index is 329. The van der Waals surface area contributed by atoms with Crippen LogP contribution in [-0.4, -0.2) is 30.7 Å². The number of unbranched alkanes of at least 4 members (excludes halogenated alkanes) is 5. The summed E-state index contributed by atoms with van der Waals surface area (Å²) in [6, 6.07) is 0. The molecule has 1 rings (SSSR count). The maximum absolute atomic E-state index is 11.3. The maximum Gasteiger partial charge on any atom is 0.509 e. The standard InChI is InChI=1S/C13H21NO5/c1-2-3-4-5-6-7-8-18-13(17)19-10-9-11(15)14-12(10)16/h10H,2-9H2,1H3,(H,14,15,16). The Kier molecular flexibility index (Phi) is 6.92. The fourth-order valence-corrected chi connectivity index (χ4v) is 1.81. The largest absolute Gasteiger partial charge is 0.509 e. The molecule has 108 valence electrons. The molecule has 1 aliphatic heterocycles. The minimum atomic E-state index is -1.04. The number of amides is 2. The number of imide groups is 1. The fourth-order valence-electron chi connectivity index (χ4n) is 1.81. The van der Waals surface area contributed by atoms with Crippen molar-refractivity contribution < 1.29 is 23.9 Å². The summed E-state index contributed by atoms with van der Waals surface area (Å²) < 4.78 is 9.59. The molecule has 1 atom stereocenters. The fraction of sp³-hybridized carbons (Fsp3) is 0.769. The van der Waals surface area contributed by atoms with Crippen LogP contribution in [0.15, 0.2) is 0 Å². The molecule has 1 N–H and O–H groups in total. The molecular formula is C13H21NO5. The Balaban J connectivity index is 2.02. The minimum absolute atomic E-state index is 0.120. The molecular weight excluding hydrogens is 250 g/mol. The van der Waals surface area contributed by atoms with Gasteiger partial charge in [-0.25, -0.2) is 4.79 Å². The number of hydrogen-bond acceptors (Lipinski definition) is 5. The smallest absolute Gasteiger partial charge is 0.434 e. The molecule has 1 heterocycles. The van der Waals surface area contributed by atoms with Crippen molar-refractivity contribution in [1.82, 2.24) is 5.32 Å². The van der Waals surface area contributed by atoms with Crippen molar-refractivity contribution in [1.29, 1.82) is 0 Å². The van der Waals surface area contributed by atoms with Gasteiger partial charge < -0.3 is 9.47 Å². The van der Waals surface area contributed by atoms with Crippen molar-refractivity contribution in [2.45, 2.75) is 58.0 Å². The zero-order chi connectivity index (χ0) is 14.1. The van der Waals surface area contributed by atoms with Gasteiger partial charge in [-0.15, -0.1) is 0 Å². The molecule has 1 unspecified atom stereocenters. The first kappa shape index (κ1) is 15.5. The molecule has 19 heavy (non-hydrogen) atoms. The molecule has 2 amide bonds. The first-order valence-electron chi connectivity index (χ1n) is 6.80. The van der Waals surface area contributed by atoms with E-state index in [0.29, 0.717) is 0 Å². The van der Waals surface area contributed by atoms with Crippen molar-refractivity contribution in [2.24, 2.45) is 0 Å². The minimum Gasteiger partial charge on any atom is -0.434 e. The van der Waals surface area contributed by atoms with Crippen LogP contribution < -0.4 is 5.32 Å². The number of hydrogen-bond donors (Lipinski definition) is 1. The number of ether oxygens (including phenoxy) is 2. The van der Waals surface area contributed by atoms with E-state index >= 15 is 0 Å². The van der Waals surface area contributed by atoms with Gasteiger partial charge in [-0.05, 0) is 6.42 Å². The molecule has 0 saturated carbocycles. The van der Waals surface area contributed by atoms with Crippen LogP contribution in [0, 0.1) is 0 Å². The van der Waals surface area contributed by atoms with E-state index in [2.05, 4.69) is 12.2 Å². The Morgan fingerprint density at radius 2 is 1.89 bits per heavy atom. The van der Waals surface area contributed by atoms with Crippen LogP contribution in [0.2, 0.25) is 0 Å². The number of nitrogens with one attached hydrogen (secondary N) is 1. The van der Waals surface area contributed by atoms with Gasteiger partial charge in [-0.1, -0.05) is 39.0 Å². The molecule has 6 heteroatoms. The van der Waals surface area contributed by atoms with E-state index in [9.17, 15) is 14.4 Å². The van der Waals surface area contributed by atoms with E-state index in [0.717, 1.165) is 19.3 Å². The predicted molar refractivity (Wildman–Crippen MR) is 67.4 cm³/mol. The monoisotopic (exact) mass is 271 g/mol. The lowest BCUT2D eigenvalue weighted by molar-refractivity contribution is -0.128. The summed E-state index contributed by atoms with van der Waals surface area (Å²) in [5.74, 6) is -1.01. The first-order chi connectivity index (χ1) is 9.13. The number of carbonyl (C=O) groups is 3. The summed E-state index contributed by atoms with van der Waals surface area (Å²) in [4.78, 5) is 33.2. The summed E-state index contributed by atoms with van der Waals surface area (Å²) >= 11 is 0. The Hall–Kier alpha value is -1.59. The number of rotatable bonds is 8. The zero-order valence-corrected chi connectivity index (χ0v) is 11.3. The zero-order valence-electron chi connectivity index (χ0n) is 11.3. The molecule has 1 saturated heterocycles. The molecule has 0 spiro atoms. The van der Waals surface area contributed by atoms with Gasteiger partial charge in [0.15, 0.2) is 6.10 Å². The lowest BCUT2D eigenvalue weighted by atomic mass is 10.1. The van der Waals surface area contributed by atoms with E-state index in [-0.39, 0.29) is 13.0 Å². The average Bonchev–Trinajstić information content (AvgIpc) is 2.66. The Morgan fingerprint density at radius 3 is 2.53 bits per heavy atom. The van der Waals surface area contributed by atoms with Crippen molar-refractivity contribution >= 4 is 18.0 Å². The third-order valence-corrected chi connectivity index (χ3v) is 2.88. The van der Waals surface area contributed by atoms with Gasteiger partial charge in [-0.3, -0.25) is 14.9 Å². The van der Waals surface area contributed by atoms with Crippen LogP contribution >= 0.6 is 0 Å². The molecule has 0 bridgehead atoms. The quantitative estimate of drug-likeness (QED) is 0.414. The van der Waals surface area contributed by atoms with Crippen LogP contribution in [0.25, 0.3) is 0 Å². The molecule has 6 nitrogen and oxygen atoms in total. The van der Waals surface area contributed by atoms with Gasteiger partial charge in [0.25, 0.3) is 5.91 Å². The highest BCUT2D eigenvalue weighted by Crippen LogP contribution is 2.08. The summed E-state index contributed by atoms with van der Waals surface area (Å²) in [5, 5.41) is 2.06. The van der Waals surface area contributed by atoms with E-state index in [1.807, 2.05) is 0 Å². The van der Waals surface area contributed by atoms with Gasteiger partial charge >= 0.3 is 6.16 Å². The van der Waals surface area contributed by atoms with Gasteiger partial charge in [0.2, 0.25) is 5.91 Å². The van der Waals surface area contributed by atoms with Crippen molar-refractivity contribution in [3.8, 4) is 0 Å². The van der Waals surface area contributed by atoms with E-state index in [4.69, 9.17) is 9.47 Å². The molecule has 0 aliphatic carbocycles.